The van der Waals surface area contributed by atoms with Crippen molar-refractivity contribution in [2.45, 2.75) is 106 Å². The first-order chi connectivity index (χ1) is 36.4. The van der Waals surface area contributed by atoms with E-state index in [0.717, 1.165) is 18.6 Å². The maximum absolute atomic E-state index is 13.9. The highest BCUT2D eigenvalue weighted by atomic mass is 16.6. The number of hydrogen-bond acceptors (Lipinski definition) is 15. The number of oxime groups is 1. The topological polar surface area (TPSA) is 292 Å². The first-order valence-electron chi connectivity index (χ1n) is 25.7. The molecule has 76 heavy (non-hydrogen) atoms. The van der Waals surface area contributed by atoms with Crippen molar-refractivity contribution in [3.05, 3.63) is 82.6 Å². The molecular weight excluding hydrogens is 977 g/mol. The molecule has 5 aromatic heterocycles. The maximum Gasteiger partial charge on any atom is 0.276 e. The lowest BCUT2D eigenvalue weighted by Crippen LogP contribution is -2.70. The number of aromatic nitrogens is 9. The Morgan fingerprint density at radius 3 is 2.01 bits per heavy atom. The van der Waals surface area contributed by atoms with Crippen LogP contribution in [0.25, 0.3) is 22.2 Å². The van der Waals surface area contributed by atoms with Gasteiger partial charge in [0, 0.05) is 69.5 Å². The van der Waals surface area contributed by atoms with Crippen molar-refractivity contribution in [3.63, 3.8) is 0 Å². The monoisotopic (exact) mass is 1040 g/mol. The minimum atomic E-state index is -0.688. The summed E-state index contributed by atoms with van der Waals surface area (Å²) < 4.78 is 19.4. The average Bonchev–Trinajstić information content (AvgIpc) is 4.17. The number of primary amides is 2. The lowest BCUT2D eigenvalue weighted by atomic mass is 9.81. The lowest BCUT2D eigenvalue weighted by molar-refractivity contribution is -0.190. The molecule has 1 spiro atoms. The predicted molar refractivity (Wildman–Crippen MR) is 284 cm³/mol. The van der Waals surface area contributed by atoms with Crippen molar-refractivity contribution in [1.82, 2.24) is 53.4 Å². The third kappa shape index (κ3) is 11.6. The number of rotatable bonds is 23. The Balaban J connectivity index is 1.00. The number of carbonyl (C=O) groups is 5. The van der Waals surface area contributed by atoms with Crippen molar-refractivity contribution >= 4 is 69.3 Å². The van der Waals surface area contributed by atoms with Crippen LogP contribution in [0.5, 0.6) is 5.75 Å². The molecule has 404 valence electrons. The van der Waals surface area contributed by atoms with Gasteiger partial charge in [0.15, 0.2) is 12.3 Å². The van der Waals surface area contributed by atoms with Crippen molar-refractivity contribution in [2.75, 3.05) is 63.2 Å². The van der Waals surface area contributed by atoms with Crippen molar-refractivity contribution in [1.29, 1.82) is 0 Å². The molecule has 0 unspecified atom stereocenters. The average molecular weight is 1050 g/mol. The number of allylic oxidation sites excluding steroid dienone is 2. The summed E-state index contributed by atoms with van der Waals surface area (Å²) in [4.78, 5) is 89.1. The van der Waals surface area contributed by atoms with Gasteiger partial charge in [-0.25, -0.2) is 15.0 Å². The highest BCUT2D eigenvalue weighted by molar-refractivity contribution is 6.05. The number of hydrogen-bond donors (Lipinski definition) is 4. The van der Waals surface area contributed by atoms with Crippen LogP contribution in [0.2, 0.25) is 0 Å². The highest BCUT2D eigenvalue weighted by Gasteiger charge is 2.48. The predicted octanol–water partition coefficient (Wildman–Crippen LogP) is 4.69. The summed E-state index contributed by atoms with van der Waals surface area (Å²) in [5.74, 6) is -1.73. The number of ether oxygens (including phenoxy) is 2. The van der Waals surface area contributed by atoms with Gasteiger partial charge in [-0.05, 0) is 84.2 Å². The van der Waals surface area contributed by atoms with Crippen LogP contribution in [0.3, 0.4) is 0 Å². The van der Waals surface area contributed by atoms with E-state index in [0.29, 0.717) is 110 Å². The number of amides is 5. The number of anilines is 2. The Bertz CT molecular complexity index is 3230. The second kappa shape index (κ2) is 22.9. The largest absolute Gasteiger partial charge is 0.491 e. The second-order valence-corrected chi connectivity index (χ2v) is 19.6. The number of benzene rings is 1. The maximum atomic E-state index is 13.9. The second-order valence-electron chi connectivity index (χ2n) is 19.6. The van der Waals surface area contributed by atoms with E-state index in [4.69, 9.17) is 30.8 Å². The number of aryl methyl sites for hydroxylation is 4. The number of fused-ring (bicyclic) bond motifs is 2. The molecule has 8 rings (SSSR count). The molecule has 5 amide bonds. The molecule has 2 fully saturated rings. The van der Waals surface area contributed by atoms with E-state index in [-0.39, 0.29) is 60.6 Å². The Labute approximate surface area is 439 Å². The molecule has 1 aromatic carbocycles. The summed E-state index contributed by atoms with van der Waals surface area (Å²) in [6.07, 6.45) is 7.47. The SMILES string of the molecule is CCn1nc(C)cc1C(=O)Nc1nc2cc(C(N)=O)cnc2n1C/C=C/Cn1c(NC(=O)c2cc(C)nn2CC)nc2cc(C(N)=O)cc(OCCCN3CC4(C3)CN(C(=O)CO/N=C(\C)C(C)(CC)CC)CCO4)c21. The Kier molecular flexibility index (Phi) is 16.3. The summed E-state index contributed by atoms with van der Waals surface area (Å²) >= 11 is 0. The summed E-state index contributed by atoms with van der Waals surface area (Å²) in [5, 5.41) is 19.0. The molecule has 2 saturated heterocycles. The van der Waals surface area contributed by atoms with Crippen LogP contribution in [0.15, 0.2) is 53.8 Å². The smallest absolute Gasteiger partial charge is 0.276 e. The van der Waals surface area contributed by atoms with E-state index in [1.807, 2.05) is 32.9 Å². The zero-order valence-corrected chi connectivity index (χ0v) is 44.5. The zero-order chi connectivity index (χ0) is 54.5. The van der Waals surface area contributed by atoms with Crippen LogP contribution in [-0.2, 0) is 40.5 Å². The highest BCUT2D eigenvalue weighted by Crippen LogP contribution is 2.33. The number of nitrogens with one attached hydrogen (secondary N) is 2. The minimum absolute atomic E-state index is 0.0772. The van der Waals surface area contributed by atoms with E-state index >= 15 is 0 Å². The van der Waals surface area contributed by atoms with Crippen molar-refractivity contribution in [3.8, 4) is 5.75 Å². The first kappa shape index (κ1) is 54.3. The lowest BCUT2D eigenvalue weighted by Gasteiger charge is -2.53. The van der Waals surface area contributed by atoms with Crippen molar-refractivity contribution in [2.24, 2.45) is 22.0 Å². The van der Waals surface area contributed by atoms with Crippen molar-refractivity contribution < 1.29 is 38.3 Å². The fraction of sp³-hybridized carbons (Fsp3) is 0.481. The molecule has 24 nitrogen and oxygen atoms in total. The van der Waals surface area contributed by atoms with Gasteiger partial charge in [-0.15, -0.1) is 0 Å². The molecular formula is C52H68N16O8. The van der Waals surface area contributed by atoms with Crippen LogP contribution in [0, 0.1) is 19.3 Å². The molecule has 2 aliphatic rings. The normalized spacial score (nSPS) is 14.9. The number of morpholine rings is 1. The fourth-order valence-electron chi connectivity index (χ4n) is 9.59. The molecule has 6 aromatic rings. The number of likely N-dealkylation sites (tertiary alicyclic amines) is 1. The number of carbonyl (C=O) groups excluding carboxylic acids is 5. The van der Waals surface area contributed by atoms with E-state index < -0.39 is 29.2 Å². The van der Waals surface area contributed by atoms with Crippen LogP contribution >= 0.6 is 0 Å². The van der Waals surface area contributed by atoms with Gasteiger partial charge in [-0.3, -0.25) is 53.4 Å². The molecule has 0 aliphatic carbocycles. The fourth-order valence-corrected chi connectivity index (χ4v) is 9.59. The van der Waals surface area contributed by atoms with Gasteiger partial charge in [0.2, 0.25) is 23.7 Å². The quantitative estimate of drug-likeness (QED) is 0.0293. The summed E-state index contributed by atoms with van der Waals surface area (Å²) in [6.45, 7) is 20.3. The van der Waals surface area contributed by atoms with Crippen LogP contribution in [0.1, 0.15) is 114 Å². The Morgan fingerprint density at radius 1 is 0.816 bits per heavy atom. The number of pyridine rings is 1. The van der Waals surface area contributed by atoms with Crippen LogP contribution < -0.4 is 26.8 Å². The molecule has 0 bridgehead atoms. The Hall–Kier alpha value is -7.99. The molecule has 0 saturated carbocycles. The molecule has 24 heteroatoms. The van der Waals surface area contributed by atoms with Gasteiger partial charge in [0.25, 0.3) is 17.7 Å². The van der Waals surface area contributed by atoms with Gasteiger partial charge in [-0.2, -0.15) is 10.2 Å². The standard InChI is InChI=1S/C52H68N16O8/c1-9-51(8,10-2)34(7)62-76-28-42(69)64-19-21-75-52(31-64)29-63(30-52)16-15-20-74-41-26-35(44(53)70)24-37-43(41)65(49(56-37)58-47(72)39-22-32(5)60-67(39)11-3)17-13-14-18-66-46-38(25-36(27-55-46)45(54)71)57-50(66)59-48(73)40-23-33(6)61-68(40)12-4/h13-14,22-27H,9-12,15-21,28-31H2,1-8H3,(H2,53,70)(H2,54,71)(H,56,58,72)(H,57,59,73)/b14-13+,62-34+. The van der Waals surface area contributed by atoms with E-state index in [1.54, 1.807) is 61.5 Å². The molecule has 7 heterocycles. The number of nitrogens with zero attached hydrogens (tertiary/aromatic N) is 12. The van der Waals surface area contributed by atoms with E-state index in [2.05, 4.69) is 61.6 Å². The molecule has 0 atom stereocenters. The van der Waals surface area contributed by atoms with Gasteiger partial charge >= 0.3 is 0 Å². The summed E-state index contributed by atoms with van der Waals surface area (Å²) in [7, 11) is 0. The molecule has 2 aliphatic heterocycles. The number of nitrogens with two attached hydrogens (primary N) is 2. The summed E-state index contributed by atoms with van der Waals surface area (Å²) in [6, 6.07) is 8.00. The van der Waals surface area contributed by atoms with Gasteiger partial charge in [0.05, 0.1) is 47.9 Å². The molecule has 0 radical (unpaired) electrons. The Morgan fingerprint density at radius 2 is 1.41 bits per heavy atom. The minimum Gasteiger partial charge on any atom is -0.491 e. The van der Waals surface area contributed by atoms with Gasteiger partial charge < -0.3 is 35.2 Å². The third-order valence-corrected chi connectivity index (χ3v) is 14.3. The van der Waals surface area contributed by atoms with Crippen LogP contribution in [-0.4, -0.2) is 147 Å². The molecule has 6 N–H and O–H groups in total. The van der Waals surface area contributed by atoms with Crippen LogP contribution in [0.4, 0.5) is 11.9 Å². The third-order valence-electron chi connectivity index (χ3n) is 14.3. The van der Waals surface area contributed by atoms with E-state index in [1.165, 1.54) is 12.3 Å². The van der Waals surface area contributed by atoms with Gasteiger partial charge in [0.1, 0.15) is 33.8 Å². The number of imidazole rings is 2. The first-order valence-corrected chi connectivity index (χ1v) is 25.7. The summed E-state index contributed by atoms with van der Waals surface area (Å²) in [5.41, 5.74) is 15.6. The van der Waals surface area contributed by atoms with E-state index in [9.17, 15) is 24.0 Å². The van der Waals surface area contributed by atoms with Gasteiger partial charge in [-0.1, -0.05) is 38.1 Å². The zero-order valence-electron chi connectivity index (χ0n) is 44.5.